The van der Waals surface area contributed by atoms with E-state index in [4.69, 9.17) is 4.42 Å². The second-order valence-electron chi connectivity index (χ2n) is 6.91. The van der Waals surface area contributed by atoms with Crippen LogP contribution in [-0.4, -0.2) is 38.3 Å². The third-order valence-corrected chi connectivity index (χ3v) is 4.84. The summed E-state index contributed by atoms with van der Waals surface area (Å²) >= 11 is 0. The fraction of sp³-hybridized carbons (Fsp3) is 0.500. The Labute approximate surface area is 146 Å². The highest BCUT2D eigenvalue weighted by atomic mass is 16.4. The number of aromatic nitrogens is 3. The lowest BCUT2D eigenvalue weighted by Gasteiger charge is -2.26. The molecule has 0 N–H and O–H groups in total. The van der Waals surface area contributed by atoms with Gasteiger partial charge in [-0.3, -0.25) is 14.6 Å². The largest absolute Gasteiger partial charge is 0.418 e. The van der Waals surface area contributed by atoms with Crippen molar-refractivity contribution in [3.8, 4) is 11.5 Å². The molecule has 3 rings (SSSR count). The van der Waals surface area contributed by atoms with Gasteiger partial charge in [0.25, 0.3) is 5.91 Å². The number of ketones is 1. The minimum atomic E-state index is -0.667. The summed E-state index contributed by atoms with van der Waals surface area (Å²) in [5.74, 6) is -0.0983. The Balaban J connectivity index is 1.82. The van der Waals surface area contributed by atoms with Gasteiger partial charge in [-0.05, 0) is 31.4 Å². The molecule has 7 nitrogen and oxygen atoms in total. The molecular weight excluding hydrogens is 320 g/mol. The van der Waals surface area contributed by atoms with Crippen molar-refractivity contribution in [2.75, 3.05) is 6.54 Å². The van der Waals surface area contributed by atoms with Crippen LogP contribution in [0.2, 0.25) is 0 Å². The number of rotatable bonds is 5. The third kappa shape index (κ3) is 3.31. The van der Waals surface area contributed by atoms with Crippen LogP contribution in [0.5, 0.6) is 0 Å². The van der Waals surface area contributed by atoms with Gasteiger partial charge in [-0.25, -0.2) is 0 Å². The molecule has 1 unspecified atom stereocenters. The van der Waals surface area contributed by atoms with Crippen molar-refractivity contribution in [3.05, 3.63) is 30.4 Å². The molecule has 1 aliphatic rings. The van der Waals surface area contributed by atoms with E-state index in [-0.39, 0.29) is 11.8 Å². The zero-order valence-corrected chi connectivity index (χ0v) is 14.7. The van der Waals surface area contributed by atoms with Crippen molar-refractivity contribution in [2.24, 2.45) is 5.41 Å². The topological polar surface area (TPSA) is 89.2 Å². The number of amides is 1. The normalized spacial score (nSPS) is 17.7. The molecule has 1 amide bonds. The summed E-state index contributed by atoms with van der Waals surface area (Å²) in [7, 11) is 0. The molecule has 3 heterocycles. The van der Waals surface area contributed by atoms with E-state index < -0.39 is 11.3 Å². The molecular formula is C18H22N4O3. The van der Waals surface area contributed by atoms with Gasteiger partial charge in [0.05, 0.1) is 5.56 Å². The van der Waals surface area contributed by atoms with Gasteiger partial charge in [-0.2, -0.15) is 0 Å². The molecule has 0 aromatic carbocycles. The highest BCUT2D eigenvalue weighted by molar-refractivity contribution is 6.38. The van der Waals surface area contributed by atoms with Gasteiger partial charge >= 0.3 is 0 Å². The lowest BCUT2D eigenvalue weighted by molar-refractivity contribution is -0.150. The first kappa shape index (κ1) is 17.3. The van der Waals surface area contributed by atoms with Crippen molar-refractivity contribution in [1.29, 1.82) is 0 Å². The molecule has 0 bridgehead atoms. The second kappa shape index (κ2) is 6.74. The standard InChI is InChI=1S/C18H22N4O3/c1-4-18(2,3)14(23)17(24)22-10-6-8-13(22)16-21-20-15(25-16)12-7-5-9-19-11-12/h5,7,9,11,13H,4,6,8,10H2,1-3H3. The molecule has 132 valence electrons. The van der Waals surface area contributed by atoms with Crippen LogP contribution >= 0.6 is 0 Å². The van der Waals surface area contributed by atoms with Crippen LogP contribution in [-0.2, 0) is 9.59 Å². The quantitative estimate of drug-likeness (QED) is 0.776. The van der Waals surface area contributed by atoms with E-state index in [0.29, 0.717) is 31.2 Å². The van der Waals surface area contributed by atoms with Gasteiger partial charge in [-0.1, -0.05) is 20.8 Å². The van der Waals surface area contributed by atoms with E-state index in [9.17, 15) is 9.59 Å². The van der Waals surface area contributed by atoms with Crippen LogP contribution in [0.15, 0.2) is 28.9 Å². The maximum absolute atomic E-state index is 12.7. The van der Waals surface area contributed by atoms with Gasteiger partial charge in [-0.15, -0.1) is 10.2 Å². The first-order valence-electron chi connectivity index (χ1n) is 8.53. The van der Waals surface area contributed by atoms with E-state index in [0.717, 1.165) is 12.0 Å². The summed E-state index contributed by atoms with van der Waals surface area (Å²) in [5, 5.41) is 8.15. The summed E-state index contributed by atoms with van der Waals surface area (Å²) in [6.45, 7) is 6.03. The second-order valence-corrected chi connectivity index (χ2v) is 6.91. The minimum absolute atomic E-state index is 0.345. The van der Waals surface area contributed by atoms with Crippen molar-refractivity contribution in [2.45, 2.75) is 46.1 Å². The number of hydrogen-bond acceptors (Lipinski definition) is 6. The zero-order chi connectivity index (χ0) is 18.0. The Morgan fingerprint density at radius 1 is 1.36 bits per heavy atom. The van der Waals surface area contributed by atoms with E-state index in [1.54, 1.807) is 37.2 Å². The predicted molar refractivity (Wildman–Crippen MR) is 90.3 cm³/mol. The van der Waals surface area contributed by atoms with E-state index in [2.05, 4.69) is 15.2 Å². The van der Waals surface area contributed by atoms with Gasteiger partial charge in [0.15, 0.2) is 0 Å². The van der Waals surface area contributed by atoms with Crippen molar-refractivity contribution in [3.63, 3.8) is 0 Å². The average molecular weight is 342 g/mol. The highest BCUT2D eigenvalue weighted by Crippen LogP contribution is 2.34. The molecule has 0 spiro atoms. The molecule has 1 aliphatic heterocycles. The molecule has 0 aliphatic carbocycles. The summed E-state index contributed by atoms with van der Waals surface area (Å²) in [4.78, 5) is 30.8. The Hall–Kier alpha value is -2.57. The fourth-order valence-electron chi connectivity index (χ4n) is 2.82. The van der Waals surface area contributed by atoms with Crippen molar-refractivity contribution < 1.29 is 14.0 Å². The third-order valence-electron chi connectivity index (χ3n) is 4.84. The molecule has 7 heteroatoms. The molecule has 2 aromatic rings. The Morgan fingerprint density at radius 2 is 2.16 bits per heavy atom. The number of pyridine rings is 1. The molecule has 2 aromatic heterocycles. The number of Topliss-reactive ketones (excluding diaryl/α,β-unsaturated/α-hetero) is 1. The first-order valence-corrected chi connectivity index (χ1v) is 8.53. The average Bonchev–Trinajstić information content (AvgIpc) is 3.30. The van der Waals surface area contributed by atoms with Crippen LogP contribution in [0.1, 0.15) is 52.0 Å². The van der Waals surface area contributed by atoms with E-state index in [1.807, 2.05) is 13.0 Å². The van der Waals surface area contributed by atoms with Crippen molar-refractivity contribution in [1.82, 2.24) is 20.1 Å². The van der Waals surface area contributed by atoms with Crippen molar-refractivity contribution >= 4 is 11.7 Å². The number of carbonyl (C=O) groups excluding carboxylic acids is 2. The van der Waals surface area contributed by atoms with Crippen LogP contribution in [0.25, 0.3) is 11.5 Å². The summed E-state index contributed by atoms with van der Waals surface area (Å²) in [6.07, 6.45) is 5.43. The molecule has 0 radical (unpaired) electrons. The SMILES string of the molecule is CCC(C)(C)C(=O)C(=O)N1CCCC1c1nnc(-c2cccnc2)o1. The number of nitrogens with zero attached hydrogens (tertiary/aromatic N) is 4. The Bertz CT molecular complexity index is 770. The fourth-order valence-corrected chi connectivity index (χ4v) is 2.82. The van der Waals surface area contributed by atoms with Crippen LogP contribution < -0.4 is 0 Å². The maximum Gasteiger partial charge on any atom is 0.291 e. The highest BCUT2D eigenvalue weighted by Gasteiger charge is 2.40. The minimum Gasteiger partial charge on any atom is -0.418 e. The lowest BCUT2D eigenvalue weighted by Crippen LogP contribution is -2.42. The molecule has 1 atom stereocenters. The summed E-state index contributed by atoms with van der Waals surface area (Å²) in [6, 6.07) is 3.27. The zero-order valence-electron chi connectivity index (χ0n) is 14.7. The lowest BCUT2D eigenvalue weighted by atomic mass is 9.84. The van der Waals surface area contributed by atoms with Gasteiger partial charge in [0, 0.05) is 24.4 Å². The molecule has 25 heavy (non-hydrogen) atoms. The monoisotopic (exact) mass is 342 g/mol. The number of likely N-dealkylation sites (tertiary alicyclic amines) is 1. The molecule has 1 fully saturated rings. The van der Waals surface area contributed by atoms with E-state index in [1.165, 1.54) is 0 Å². The maximum atomic E-state index is 12.7. The summed E-state index contributed by atoms with van der Waals surface area (Å²) in [5.41, 5.74) is 0.0558. The summed E-state index contributed by atoms with van der Waals surface area (Å²) < 4.78 is 5.76. The first-order chi connectivity index (χ1) is 11.9. The van der Waals surface area contributed by atoms with Gasteiger partial charge in [0.2, 0.25) is 17.6 Å². The molecule has 0 saturated carbocycles. The van der Waals surface area contributed by atoms with Crippen LogP contribution in [0.3, 0.4) is 0 Å². The van der Waals surface area contributed by atoms with Gasteiger partial charge < -0.3 is 9.32 Å². The van der Waals surface area contributed by atoms with Gasteiger partial charge in [0.1, 0.15) is 6.04 Å². The van der Waals surface area contributed by atoms with Crippen LogP contribution in [0.4, 0.5) is 0 Å². The Morgan fingerprint density at radius 3 is 2.84 bits per heavy atom. The van der Waals surface area contributed by atoms with Crippen LogP contribution in [0, 0.1) is 5.41 Å². The smallest absolute Gasteiger partial charge is 0.291 e. The number of hydrogen-bond donors (Lipinski definition) is 0. The van der Waals surface area contributed by atoms with E-state index >= 15 is 0 Å². The predicted octanol–water partition coefficient (Wildman–Crippen LogP) is 2.80. The number of carbonyl (C=O) groups is 2. The Kier molecular flexibility index (Phi) is 4.65. The molecule has 1 saturated heterocycles.